The first kappa shape index (κ1) is 17.2. The molecule has 2 fully saturated rings. The molecule has 1 unspecified atom stereocenters. The van der Waals surface area contributed by atoms with Crippen molar-refractivity contribution >= 4 is 11.8 Å². The zero-order chi connectivity index (χ0) is 19.1. The summed E-state index contributed by atoms with van der Waals surface area (Å²) in [6.45, 7) is 2.84. The number of amides is 2. The molecule has 1 atom stereocenters. The Balaban J connectivity index is 1.19. The van der Waals surface area contributed by atoms with E-state index in [9.17, 15) is 4.79 Å². The van der Waals surface area contributed by atoms with E-state index < -0.39 is 5.79 Å². The molecule has 1 aromatic heterocycles. The number of aryl methyl sites for hydroxylation is 1. The molecule has 2 saturated heterocycles. The number of carbonyl (C=O) groups is 1. The first-order valence-electron chi connectivity index (χ1n) is 9.87. The Kier molecular flexibility index (Phi) is 4.07. The lowest BCUT2D eigenvalue weighted by Gasteiger charge is -2.35. The molecule has 5 rings (SSSR count). The van der Waals surface area contributed by atoms with Crippen LogP contribution in [0.15, 0.2) is 36.5 Å². The lowest BCUT2D eigenvalue weighted by atomic mass is 10.1. The molecule has 1 spiro atoms. The summed E-state index contributed by atoms with van der Waals surface area (Å²) < 4.78 is 14.0. The number of anilines is 1. The molecule has 3 aliphatic heterocycles. The molecule has 1 N–H and O–H groups in total. The third-order valence-electron chi connectivity index (χ3n) is 5.79. The molecule has 0 saturated carbocycles. The SMILES string of the molecule is Cn1nccc1N1CCCC(NC(=O)N2CCC3(C2)Oc2ccccc2O3)C1. The average Bonchev–Trinajstić information content (AvgIpc) is 3.40. The van der Waals surface area contributed by atoms with Gasteiger partial charge in [-0.15, -0.1) is 0 Å². The van der Waals surface area contributed by atoms with Crippen molar-refractivity contribution in [3.05, 3.63) is 36.5 Å². The molecule has 2 aromatic rings. The number of hydrogen-bond donors (Lipinski definition) is 1. The number of hydrogen-bond acceptors (Lipinski definition) is 5. The van der Waals surface area contributed by atoms with Crippen LogP contribution >= 0.6 is 0 Å². The predicted molar refractivity (Wildman–Crippen MR) is 104 cm³/mol. The molecular formula is C20H25N5O3. The van der Waals surface area contributed by atoms with Crippen molar-refractivity contribution in [1.29, 1.82) is 0 Å². The van der Waals surface area contributed by atoms with E-state index in [-0.39, 0.29) is 12.1 Å². The van der Waals surface area contributed by atoms with Crippen LogP contribution in [0.4, 0.5) is 10.6 Å². The molecule has 3 aliphatic rings. The zero-order valence-corrected chi connectivity index (χ0v) is 16.0. The Morgan fingerprint density at radius 1 is 1.21 bits per heavy atom. The Hall–Kier alpha value is -2.90. The van der Waals surface area contributed by atoms with Crippen LogP contribution in [-0.2, 0) is 7.05 Å². The molecule has 0 bridgehead atoms. The van der Waals surface area contributed by atoms with E-state index in [1.807, 2.05) is 42.1 Å². The number of likely N-dealkylation sites (tertiary alicyclic amines) is 1. The van der Waals surface area contributed by atoms with Gasteiger partial charge in [-0.3, -0.25) is 4.68 Å². The fraction of sp³-hybridized carbons (Fsp3) is 0.500. The predicted octanol–water partition coefficient (Wildman–Crippen LogP) is 1.97. The van der Waals surface area contributed by atoms with Gasteiger partial charge in [0, 0.05) is 45.2 Å². The maximum atomic E-state index is 12.9. The Morgan fingerprint density at radius 3 is 2.71 bits per heavy atom. The summed E-state index contributed by atoms with van der Waals surface area (Å²) in [6, 6.07) is 9.76. The Bertz CT molecular complexity index is 857. The average molecular weight is 383 g/mol. The third-order valence-corrected chi connectivity index (χ3v) is 5.79. The van der Waals surface area contributed by atoms with Gasteiger partial charge in [-0.05, 0) is 25.0 Å². The van der Waals surface area contributed by atoms with E-state index in [4.69, 9.17) is 9.47 Å². The highest BCUT2D eigenvalue weighted by Crippen LogP contribution is 2.42. The number of rotatable bonds is 2. The van der Waals surface area contributed by atoms with Crippen LogP contribution in [0.5, 0.6) is 11.5 Å². The first-order chi connectivity index (χ1) is 13.6. The van der Waals surface area contributed by atoms with Crippen LogP contribution in [0.25, 0.3) is 0 Å². The van der Waals surface area contributed by atoms with Crippen molar-refractivity contribution in [3.8, 4) is 11.5 Å². The second kappa shape index (κ2) is 6.61. The van der Waals surface area contributed by atoms with E-state index >= 15 is 0 Å². The summed E-state index contributed by atoms with van der Waals surface area (Å²) in [5, 5.41) is 7.45. The van der Waals surface area contributed by atoms with Gasteiger partial charge in [-0.2, -0.15) is 5.10 Å². The van der Waals surface area contributed by atoms with Gasteiger partial charge >= 0.3 is 6.03 Å². The summed E-state index contributed by atoms with van der Waals surface area (Å²) >= 11 is 0. The van der Waals surface area contributed by atoms with Crippen molar-refractivity contribution in [2.45, 2.75) is 31.1 Å². The van der Waals surface area contributed by atoms with Crippen molar-refractivity contribution in [1.82, 2.24) is 20.0 Å². The quantitative estimate of drug-likeness (QED) is 0.859. The van der Waals surface area contributed by atoms with E-state index in [0.717, 1.165) is 43.2 Å². The van der Waals surface area contributed by atoms with Crippen molar-refractivity contribution in [2.75, 3.05) is 31.1 Å². The number of para-hydroxylation sites is 2. The molecule has 4 heterocycles. The summed E-state index contributed by atoms with van der Waals surface area (Å²) in [5.74, 6) is 1.85. The van der Waals surface area contributed by atoms with Gasteiger partial charge in [-0.25, -0.2) is 4.79 Å². The summed E-state index contributed by atoms with van der Waals surface area (Å²) in [5.41, 5.74) is 0. The van der Waals surface area contributed by atoms with Gasteiger partial charge in [0.25, 0.3) is 5.79 Å². The maximum Gasteiger partial charge on any atom is 0.317 e. The molecule has 28 heavy (non-hydrogen) atoms. The number of urea groups is 1. The van der Waals surface area contributed by atoms with Gasteiger partial charge < -0.3 is 24.6 Å². The molecular weight excluding hydrogens is 358 g/mol. The molecule has 1 aromatic carbocycles. The minimum Gasteiger partial charge on any atom is -0.447 e. The van der Waals surface area contributed by atoms with Crippen LogP contribution in [0.1, 0.15) is 19.3 Å². The molecule has 8 nitrogen and oxygen atoms in total. The standard InChI is InChI=1S/C20H25N5O3/c1-23-18(8-10-21-23)24-11-4-5-15(13-24)22-19(26)25-12-9-20(14-25)27-16-6-2-3-7-17(16)28-20/h2-3,6-8,10,15H,4-5,9,11-14H2,1H3,(H,22,26). The normalized spacial score (nSPS) is 22.7. The Morgan fingerprint density at radius 2 is 2.00 bits per heavy atom. The lowest BCUT2D eigenvalue weighted by molar-refractivity contribution is -0.0650. The van der Waals surface area contributed by atoms with Crippen LogP contribution in [0.3, 0.4) is 0 Å². The van der Waals surface area contributed by atoms with Crippen molar-refractivity contribution in [3.63, 3.8) is 0 Å². The summed E-state index contributed by atoms with van der Waals surface area (Å²) in [6.07, 6.45) is 4.50. The van der Waals surface area contributed by atoms with Gasteiger partial charge in [0.2, 0.25) is 0 Å². The highest BCUT2D eigenvalue weighted by molar-refractivity contribution is 5.75. The molecule has 0 radical (unpaired) electrons. The molecule has 148 valence electrons. The van der Waals surface area contributed by atoms with E-state index in [2.05, 4.69) is 15.3 Å². The van der Waals surface area contributed by atoms with Crippen LogP contribution in [-0.4, -0.2) is 58.7 Å². The van der Waals surface area contributed by atoms with E-state index in [1.54, 1.807) is 11.1 Å². The van der Waals surface area contributed by atoms with Crippen molar-refractivity contribution < 1.29 is 14.3 Å². The topological polar surface area (TPSA) is 71.9 Å². The summed E-state index contributed by atoms with van der Waals surface area (Å²) in [4.78, 5) is 16.9. The maximum absolute atomic E-state index is 12.9. The minimum atomic E-state index is -0.742. The second-order valence-electron chi connectivity index (χ2n) is 7.78. The van der Waals surface area contributed by atoms with Crippen LogP contribution in [0.2, 0.25) is 0 Å². The van der Waals surface area contributed by atoms with Crippen molar-refractivity contribution in [2.24, 2.45) is 7.05 Å². The van der Waals surface area contributed by atoms with Gasteiger partial charge in [0.05, 0.1) is 12.7 Å². The fourth-order valence-corrected chi connectivity index (χ4v) is 4.38. The zero-order valence-electron chi connectivity index (χ0n) is 16.0. The number of ether oxygens (including phenoxy) is 2. The number of aromatic nitrogens is 2. The largest absolute Gasteiger partial charge is 0.447 e. The van der Waals surface area contributed by atoms with Crippen LogP contribution < -0.4 is 19.7 Å². The summed E-state index contributed by atoms with van der Waals surface area (Å²) in [7, 11) is 1.95. The monoisotopic (exact) mass is 383 g/mol. The number of carbonyl (C=O) groups excluding carboxylic acids is 1. The number of piperidine rings is 1. The van der Waals surface area contributed by atoms with Gasteiger partial charge in [0.1, 0.15) is 5.82 Å². The Labute approximate surface area is 164 Å². The molecule has 2 amide bonds. The first-order valence-corrected chi connectivity index (χ1v) is 9.87. The number of nitrogens with zero attached hydrogens (tertiary/aromatic N) is 4. The number of nitrogens with one attached hydrogen (secondary N) is 1. The third kappa shape index (κ3) is 3.02. The minimum absolute atomic E-state index is 0.0445. The highest BCUT2D eigenvalue weighted by atomic mass is 16.7. The number of benzene rings is 1. The van der Waals surface area contributed by atoms with Crippen LogP contribution in [0, 0.1) is 0 Å². The highest BCUT2D eigenvalue weighted by Gasteiger charge is 2.48. The lowest BCUT2D eigenvalue weighted by Crippen LogP contribution is -2.52. The fourth-order valence-electron chi connectivity index (χ4n) is 4.38. The number of fused-ring (bicyclic) bond motifs is 1. The van der Waals surface area contributed by atoms with E-state index in [0.29, 0.717) is 19.5 Å². The molecule has 0 aliphatic carbocycles. The second-order valence-corrected chi connectivity index (χ2v) is 7.78. The smallest absolute Gasteiger partial charge is 0.317 e. The van der Waals surface area contributed by atoms with E-state index in [1.165, 1.54) is 0 Å². The van der Waals surface area contributed by atoms with Gasteiger partial charge in [0.15, 0.2) is 11.5 Å². The van der Waals surface area contributed by atoms with Gasteiger partial charge in [-0.1, -0.05) is 12.1 Å². The molecule has 8 heteroatoms.